The Morgan fingerprint density at radius 3 is 2.71 bits per heavy atom. The van der Waals surface area contributed by atoms with Gasteiger partial charge in [0, 0.05) is 16.1 Å². The van der Waals surface area contributed by atoms with Gasteiger partial charge in [-0.2, -0.15) is 0 Å². The molecule has 1 aromatic carbocycles. The number of aromatic carboxylic acids is 1. The normalized spacial score (nSPS) is 10.5. The van der Waals surface area contributed by atoms with Crippen LogP contribution in [-0.2, 0) is 0 Å². The maximum atomic E-state index is 10.7. The molecule has 1 aromatic heterocycles. The van der Waals surface area contributed by atoms with E-state index >= 15 is 0 Å². The summed E-state index contributed by atoms with van der Waals surface area (Å²) < 4.78 is 5.72. The maximum Gasteiger partial charge on any atom is 0.374 e. The lowest BCUT2D eigenvalue weighted by Gasteiger charge is -2.07. The molecule has 4 nitrogen and oxygen atoms in total. The van der Waals surface area contributed by atoms with Crippen LogP contribution in [0.4, 0.5) is 0 Å². The van der Waals surface area contributed by atoms with Crippen LogP contribution in [0, 0.1) is 13.8 Å². The van der Waals surface area contributed by atoms with Crippen LogP contribution in [0.5, 0.6) is 0 Å². The van der Waals surface area contributed by atoms with Crippen LogP contribution in [-0.4, -0.2) is 16.2 Å². The first-order valence-electron chi connectivity index (χ1n) is 4.97. The quantitative estimate of drug-likeness (QED) is 0.922. The first-order chi connectivity index (χ1) is 8.00. The Morgan fingerprint density at radius 2 is 2.12 bits per heavy atom. The Balaban J connectivity index is 2.60. The van der Waals surface area contributed by atoms with E-state index in [2.05, 4.69) is 21.1 Å². The molecule has 0 aliphatic rings. The van der Waals surface area contributed by atoms with E-state index in [1.807, 2.05) is 26.0 Å². The molecule has 0 fully saturated rings. The molecule has 5 heteroatoms. The minimum absolute atomic E-state index is 0.154. The molecule has 0 aliphatic carbocycles. The van der Waals surface area contributed by atoms with Crippen LogP contribution in [0.2, 0.25) is 0 Å². The Bertz CT molecular complexity index is 589. The fourth-order valence-electron chi connectivity index (χ4n) is 1.71. The van der Waals surface area contributed by atoms with Gasteiger partial charge in [0.05, 0.1) is 0 Å². The van der Waals surface area contributed by atoms with E-state index in [0.717, 1.165) is 21.2 Å². The molecule has 1 heterocycles. The van der Waals surface area contributed by atoms with Gasteiger partial charge in [-0.1, -0.05) is 27.2 Å². The van der Waals surface area contributed by atoms with Gasteiger partial charge in [-0.05, 0) is 31.0 Å². The fourth-order valence-corrected chi connectivity index (χ4v) is 2.04. The van der Waals surface area contributed by atoms with Gasteiger partial charge in [0.2, 0.25) is 5.76 Å². The van der Waals surface area contributed by atoms with Crippen molar-refractivity contribution >= 4 is 21.9 Å². The molecule has 0 bridgehead atoms. The lowest BCUT2D eigenvalue weighted by molar-refractivity contribution is 0.0652. The molecular weight excluding hydrogens is 286 g/mol. The Morgan fingerprint density at radius 1 is 1.41 bits per heavy atom. The van der Waals surface area contributed by atoms with E-state index in [1.165, 1.54) is 6.07 Å². The molecule has 0 spiro atoms. The van der Waals surface area contributed by atoms with Crippen LogP contribution in [0.25, 0.3) is 11.3 Å². The molecule has 0 amide bonds. The summed E-state index contributed by atoms with van der Waals surface area (Å²) in [5, 5.41) is 12.6. The zero-order chi connectivity index (χ0) is 12.6. The first-order valence-corrected chi connectivity index (χ1v) is 5.76. The highest BCUT2D eigenvalue weighted by Crippen LogP contribution is 2.31. The molecule has 2 rings (SSSR count). The largest absolute Gasteiger partial charge is 0.475 e. The van der Waals surface area contributed by atoms with Crippen LogP contribution in [0.15, 0.2) is 27.2 Å². The minimum Gasteiger partial charge on any atom is -0.475 e. The van der Waals surface area contributed by atoms with Crippen LogP contribution < -0.4 is 0 Å². The van der Waals surface area contributed by atoms with Crippen molar-refractivity contribution in [2.75, 3.05) is 0 Å². The Kier molecular flexibility index (Phi) is 3.02. The second-order valence-electron chi connectivity index (χ2n) is 3.75. The summed E-state index contributed by atoms with van der Waals surface area (Å²) in [6, 6.07) is 5.33. The number of carboxylic acids is 1. The second kappa shape index (κ2) is 4.33. The maximum absolute atomic E-state index is 10.7. The number of carboxylic acid groups (broad SMARTS) is 1. The monoisotopic (exact) mass is 295 g/mol. The van der Waals surface area contributed by atoms with Gasteiger partial charge in [-0.3, -0.25) is 0 Å². The summed E-state index contributed by atoms with van der Waals surface area (Å²) in [6.45, 7) is 3.89. The summed E-state index contributed by atoms with van der Waals surface area (Å²) in [7, 11) is 0. The molecule has 1 N–H and O–H groups in total. The fraction of sp³-hybridized carbons (Fsp3) is 0.167. The third-order valence-corrected chi connectivity index (χ3v) is 3.44. The average molecular weight is 296 g/mol. The van der Waals surface area contributed by atoms with Crippen molar-refractivity contribution in [2.24, 2.45) is 0 Å². The van der Waals surface area contributed by atoms with Crippen LogP contribution in [0.1, 0.15) is 21.7 Å². The van der Waals surface area contributed by atoms with Gasteiger partial charge >= 0.3 is 5.97 Å². The molecule has 88 valence electrons. The minimum atomic E-state index is -1.12. The third kappa shape index (κ3) is 2.10. The van der Waals surface area contributed by atoms with Crippen LogP contribution >= 0.6 is 15.9 Å². The summed E-state index contributed by atoms with van der Waals surface area (Å²) in [5.74, 6) is -1.27. The molecule has 0 atom stereocenters. The van der Waals surface area contributed by atoms with Crippen molar-refractivity contribution in [1.82, 2.24) is 5.16 Å². The first kappa shape index (κ1) is 11.9. The molecule has 0 aliphatic heterocycles. The number of benzene rings is 1. The Hall–Kier alpha value is -1.62. The van der Waals surface area contributed by atoms with Crippen LogP contribution in [0.3, 0.4) is 0 Å². The van der Waals surface area contributed by atoms with Gasteiger partial charge in [0.15, 0.2) is 0 Å². The highest BCUT2D eigenvalue weighted by Gasteiger charge is 2.16. The molecule has 0 saturated heterocycles. The number of hydrogen-bond acceptors (Lipinski definition) is 3. The van der Waals surface area contributed by atoms with Gasteiger partial charge in [0.25, 0.3) is 0 Å². The standard InChI is InChI=1S/C12H10BrNO3/c1-6-3-4-8(13)7(2)11(6)9-5-10(12(15)16)17-14-9/h3-5H,1-2H3,(H,15,16). The summed E-state index contributed by atoms with van der Waals surface area (Å²) >= 11 is 3.44. The van der Waals surface area contributed by atoms with Gasteiger partial charge in [0.1, 0.15) is 5.69 Å². The van der Waals surface area contributed by atoms with Crippen molar-refractivity contribution in [3.05, 3.63) is 39.6 Å². The predicted octanol–water partition coefficient (Wildman–Crippen LogP) is 3.42. The highest BCUT2D eigenvalue weighted by molar-refractivity contribution is 9.10. The number of halogens is 1. The van der Waals surface area contributed by atoms with E-state index in [-0.39, 0.29) is 5.76 Å². The van der Waals surface area contributed by atoms with Crippen molar-refractivity contribution in [1.29, 1.82) is 0 Å². The zero-order valence-electron chi connectivity index (χ0n) is 9.32. The summed E-state index contributed by atoms with van der Waals surface area (Å²) in [4.78, 5) is 10.7. The number of rotatable bonds is 2. The second-order valence-corrected chi connectivity index (χ2v) is 4.60. The number of nitrogens with zero attached hydrogens (tertiary/aromatic N) is 1. The zero-order valence-corrected chi connectivity index (χ0v) is 10.9. The topological polar surface area (TPSA) is 63.3 Å². The molecule has 2 aromatic rings. The van der Waals surface area contributed by atoms with E-state index in [0.29, 0.717) is 5.69 Å². The lowest BCUT2D eigenvalue weighted by atomic mass is 10.00. The lowest BCUT2D eigenvalue weighted by Crippen LogP contribution is -1.92. The highest BCUT2D eigenvalue weighted by atomic mass is 79.9. The number of hydrogen-bond donors (Lipinski definition) is 1. The van der Waals surface area contributed by atoms with Crippen molar-refractivity contribution in [3.8, 4) is 11.3 Å². The van der Waals surface area contributed by atoms with Crippen molar-refractivity contribution in [3.63, 3.8) is 0 Å². The number of aryl methyl sites for hydroxylation is 1. The van der Waals surface area contributed by atoms with Gasteiger partial charge < -0.3 is 9.63 Å². The van der Waals surface area contributed by atoms with E-state index in [1.54, 1.807) is 0 Å². The number of aromatic nitrogens is 1. The number of carbonyl (C=O) groups is 1. The van der Waals surface area contributed by atoms with Crippen molar-refractivity contribution in [2.45, 2.75) is 13.8 Å². The summed E-state index contributed by atoms with van der Waals surface area (Å²) in [6.07, 6.45) is 0. The summed E-state index contributed by atoms with van der Waals surface area (Å²) in [5.41, 5.74) is 3.47. The average Bonchev–Trinajstić information content (AvgIpc) is 2.73. The molecule has 0 radical (unpaired) electrons. The van der Waals surface area contributed by atoms with Crippen molar-refractivity contribution < 1.29 is 14.4 Å². The van der Waals surface area contributed by atoms with E-state index < -0.39 is 5.97 Å². The Labute approximate surface area is 106 Å². The molecule has 0 saturated carbocycles. The molecule has 17 heavy (non-hydrogen) atoms. The van der Waals surface area contributed by atoms with E-state index in [9.17, 15) is 4.79 Å². The predicted molar refractivity (Wildman–Crippen MR) is 66.1 cm³/mol. The van der Waals surface area contributed by atoms with Gasteiger partial charge in [-0.25, -0.2) is 4.79 Å². The smallest absolute Gasteiger partial charge is 0.374 e. The van der Waals surface area contributed by atoms with Gasteiger partial charge in [-0.15, -0.1) is 0 Å². The third-order valence-electron chi connectivity index (χ3n) is 2.58. The molecular formula is C12H10BrNO3. The SMILES string of the molecule is Cc1ccc(Br)c(C)c1-c1cc(C(=O)O)on1. The molecule has 0 unspecified atom stereocenters. The van der Waals surface area contributed by atoms with E-state index in [4.69, 9.17) is 9.63 Å².